The Bertz CT molecular complexity index is 1070. The average Bonchev–Trinajstić information content (AvgIpc) is 2.77. The van der Waals surface area contributed by atoms with Crippen molar-refractivity contribution in [2.75, 3.05) is 31.9 Å². The van der Waals surface area contributed by atoms with Gasteiger partial charge in [-0.15, -0.1) is 0 Å². The van der Waals surface area contributed by atoms with Crippen LogP contribution in [0.5, 0.6) is 0 Å². The number of hydrogen-bond acceptors (Lipinski definition) is 6. The van der Waals surface area contributed by atoms with Crippen molar-refractivity contribution < 1.29 is 13.2 Å². The van der Waals surface area contributed by atoms with Gasteiger partial charge in [0.25, 0.3) is 0 Å². The molecule has 6 nitrogen and oxygen atoms in total. The lowest BCUT2D eigenvalue weighted by molar-refractivity contribution is -0.129. The van der Waals surface area contributed by atoms with Gasteiger partial charge in [0, 0.05) is 37.0 Å². The Balaban J connectivity index is 1.30. The summed E-state index contributed by atoms with van der Waals surface area (Å²) in [7, 11) is -3.58. The quantitative estimate of drug-likeness (QED) is 0.663. The molecule has 1 fully saturated rings. The minimum absolute atomic E-state index is 0.00528. The Labute approximate surface area is 189 Å². The van der Waals surface area contributed by atoms with Crippen LogP contribution in [-0.2, 0) is 20.6 Å². The van der Waals surface area contributed by atoms with Crippen molar-refractivity contribution in [2.24, 2.45) is 4.99 Å². The van der Waals surface area contributed by atoms with E-state index in [1.54, 1.807) is 28.8 Å². The van der Waals surface area contributed by atoms with Gasteiger partial charge in [0.1, 0.15) is 4.38 Å². The predicted molar refractivity (Wildman–Crippen MR) is 124 cm³/mol. The van der Waals surface area contributed by atoms with Gasteiger partial charge in [0.05, 0.1) is 16.3 Å². The molecule has 0 aliphatic carbocycles. The molecule has 0 atom stereocenters. The zero-order valence-corrected chi connectivity index (χ0v) is 19.2. The molecule has 158 valence electrons. The lowest BCUT2D eigenvalue weighted by Gasteiger charge is -2.34. The molecule has 0 radical (unpaired) electrons. The number of benzene rings is 2. The SMILES string of the molecule is O=C(CSC1=Nc2ccccc2CS1)N1CCN(S(=O)(=O)c2ccc(Cl)cc2)CC1. The lowest BCUT2D eigenvalue weighted by Crippen LogP contribution is -2.51. The molecule has 2 aliphatic heterocycles. The average molecular weight is 482 g/mol. The number of fused-ring (bicyclic) bond motifs is 1. The van der Waals surface area contributed by atoms with E-state index in [1.165, 1.54) is 33.8 Å². The van der Waals surface area contributed by atoms with Crippen molar-refractivity contribution in [1.29, 1.82) is 0 Å². The van der Waals surface area contributed by atoms with E-state index in [0.717, 1.165) is 15.8 Å². The van der Waals surface area contributed by atoms with Crippen molar-refractivity contribution in [3.8, 4) is 0 Å². The second-order valence-corrected chi connectivity index (χ2v) is 11.4. The van der Waals surface area contributed by atoms with E-state index in [1.807, 2.05) is 18.2 Å². The molecule has 0 aromatic heterocycles. The van der Waals surface area contributed by atoms with Crippen molar-refractivity contribution in [1.82, 2.24) is 9.21 Å². The highest BCUT2D eigenvalue weighted by atomic mass is 35.5. The molecule has 1 amide bonds. The second-order valence-electron chi connectivity index (χ2n) is 6.82. The van der Waals surface area contributed by atoms with E-state index < -0.39 is 10.0 Å². The van der Waals surface area contributed by atoms with E-state index >= 15 is 0 Å². The molecule has 0 unspecified atom stereocenters. The molecular weight excluding hydrogens is 462 g/mol. The number of nitrogens with zero attached hydrogens (tertiary/aromatic N) is 3. The van der Waals surface area contributed by atoms with Crippen LogP contribution in [0.3, 0.4) is 0 Å². The van der Waals surface area contributed by atoms with Crippen molar-refractivity contribution >= 4 is 61.1 Å². The summed E-state index contributed by atoms with van der Waals surface area (Å²) in [5.41, 5.74) is 2.17. The summed E-state index contributed by atoms with van der Waals surface area (Å²) >= 11 is 8.93. The number of halogens is 1. The highest BCUT2D eigenvalue weighted by Crippen LogP contribution is 2.34. The topological polar surface area (TPSA) is 70.1 Å². The van der Waals surface area contributed by atoms with E-state index in [-0.39, 0.29) is 23.9 Å². The number of aliphatic imine (C=N–C) groups is 1. The molecule has 0 saturated carbocycles. The van der Waals surface area contributed by atoms with Crippen molar-refractivity contribution in [3.05, 3.63) is 59.1 Å². The molecule has 0 spiro atoms. The highest BCUT2D eigenvalue weighted by Gasteiger charge is 2.30. The number of carbonyl (C=O) groups is 1. The first kappa shape index (κ1) is 21.7. The van der Waals surface area contributed by atoms with Crippen LogP contribution in [0.4, 0.5) is 5.69 Å². The summed E-state index contributed by atoms with van der Waals surface area (Å²) < 4.78 is 27.8. The number of rotatable bonds is 4. The maximum absolute atomic E-state index is 12.8. The van der Waals surface area contributed by atoms with E-state index in [4.69, 9.17) is 11.6 Å². The molecular formula is C20H20ClN3O3S3. The van der Waals surface area contributed by atoms with Gasteiger partial charge < -0.3 is 4.90 Å². The van der Waals surface area contributed by atoms with Crippen LogP contribution >= 0.6 is 35.1 Å². The first-order valence-electron chi connectivity index (χ1n) is 9.39. The van der Waals surface area contributed by atoms with Crippen molar-refractivity contribution in [3.63, 3.8) is 0 Å². The van der Waals surface area contributed by atoms with Crippen LogP contribution in [0.15, 0.2) is 58.4 Å². The van der Waals surface area contributed by atoms with Gasteiger partial charge in [0.2, 0.25) is 15.9 Å². The van der Waals surface area contributed by atoms with Gasteiger partial charge in [-0.3, -0.25) is 4.79 Å². The molecule has 1 saturated heterocycles. The highest BCUT2D eigenvalue weighted by molar-refractivity contribution is 8.38. The molecule has 2 heterocycles. The minimum Gasteiger partial charge on any atom is -0.339 e. The van der Waals surface area contributed by atoms with E-state index in [2.05, 4.69) is 11.1 Å². The normalized spacial score (nSPS) is 17.4. The number of hydrogen-bond donors (Lipinski definition) is 0. The van der Waals surface area contributed by atoms with Gasteiger partial charge in [-0.25, -0.2) is 13.4 Å². The zero-order valence-electron chi connectivity index (χ0n) is 16.0. The van der Waals surface area contributed by atoms with Crippen LogP contribution in [0.1, 0.15) is 5.56 Å². The third kappa shape index (κ3) is 4.86. The summed E-state index contributed by atoms with van der Waals surface area (Å²) in [5, 5.41) is 0.492. The summed E-state index contributed by atoms with van der Waals surface area (Å²) in [6.07, 6.45) is 0. The first-order chi connectivity index (χ1) is 14.4. The van der Waals surface area contributed by atoms with Crippen LogP contribution in [0.25, 0.3) is 0 Å². The summed E-state index contributed by atoms with van der Waals surface area (Å²) in [5.74, 6) is 1.17. The second kappa shape index (κ2) is 9.32. The number of thioether (sulfide) groups is 2. The van der Waals surface area contributed by atoms with E-state index in [9.17, 15) is 13.2 Å². The van der Waals surface area contributed by atoms with Gasteiger partial charge in [-0.05, 0) is 35.9 Å². The summed E-state index contributed by atoms with van der Waals surface area (Å²) in [6.45, 7) is 1.33. The van der Waals surface area contributed by atoms with Crippen molar-refractivity contribution in [2.45, 2.75) is 10.6 Å². The predicted octanol–water partition coefficient (Wildman–Crippen LogP) is 3.84. The molecule has 0 N–H and O–H groups in total. The molecule has 2 aromatic rings. The van der Waals surface area contributed by atoms with Crippen LogP contribution in [-0.4, -0.2) is 59.8 Å². The van der Waals surface area contributed by atoms with Crippen LogP contribution < -0.4 is 0 Å². The third-order valence-corrected chi connectivity index (χ3v) is 9.31. The van der Waals surface area contributed by atoms with Gasteiger partial charge >= 0.3 is 0 Å². The number of sulfonamides is 1. The minimum atomic E-state index is -3.58. The maximum Gasteiger partial charge on any atom is 0.243 e. The Hall–Kier alpha value is -1.52. The summed E-state index contributed by atoms with van der Waals surface area (Å²) in [4.78, 5) is 19.2. The molecule has 2 aliphatic rings. The summed E-state index contributed by atoms with van der Waals surface area (Å²) in [6, 6.07) is 14.2. The largest absolute Gasteiger partial charge is 0.339 e. The zero-order chi connectivity index (χ0) is 21.1. The number of amides is 1. The fourth-order valence-corrected chi connectivity index (χ4v) is 6.75. The van der Waals surface area contributed by atoms with E-state index in [0.29, 0.717) is 23.9 Å². The molecule has 2 aromatic carbocycles. The smallest absolute Gasteiger partial charge is 0.243 e. The molecule has 0 bridgehead atoms. The Kier molecular flexibility index (Phi) is 6.74. The van der Waals surface area contributed by atoms with Crippen LogP contribution in [0, 0.1) is 0 Å². The molecule has 4 rings (SSSR count). The third-order valence-electron chi connectivity index (χ3n) is 4.92. The monoisotopic (exact) mass is 481 g/mol. The lowest BCUT2D eigenvalue weighted by atomic mass is 10.2. The Morgan fingerprint density at radius 3 is 2.50 bits per heavy atom. The Morgan fingerprint density at radius 1 is 1.07 bits per heavy atom. The Morgan fingerprint density at radius 2 is 1.77 bits per heavy atom. The fraction of sp³-hybridized carbons (Fsp3) is 0.300. The number of para-hydroxylation sites is 1. The standard InChI is InChI=1S/C20H20ClN3O3S3/c21-16-5-7-17(8-6-16)30(26,27)24-11-9-23(10-12-24)19(25)14-29-20-22-18-4-2-1-3-15(18)13-28-20/h1-8H,9-14H2. The number of piperazine rings is 1. The number of carbonyl (C=O) groups excluding carboxylic acids is 1. The van der Waals surface area contributed by atoms with Gasteiger partial charge in [-0.2, -0.15) is 4.31 Å². The molecule has 10 heteroatoms. The van der Waals surface area contributed by atoms with Gasteiger partial charge in [-0.1, -0.05) is 53.3 Å². The molecule has 30 heavy (non-hydrogen) atoms. The fourth-order valence-electron chi connectivity index (χ4n) is 3.23. The van der Waals surface area contributed by atoms with Gasteiger partial charge in [0.15, 0.2) is 0 Å². The maximum atomic E-state index is 12.8. The first-order valence-corrected chi connectivity index (χ1v) is 13.2. The van der Waals surface area contributed by atoms with Crippen LogP contribution in [0.2, 0.25) is 5.02 Å².